The highest BCUT2D eigenvalue weighted by Gasteiger charge is 2.32. The van der Waals surface area contributed by atoms with Gasteiger partial charge in [0.25, 0.3) is 10.0 Å². The number of aromatic nitrogens is 1. The highest BCUT2D eigenvalue weighted by molar-refractivity contribution is 7.90. The van der Waals surface area contributed by atoms with Crippen LogP contribution in [0, 0.1) is 6.92 Å². The quantitative estimate of drug-likeness (QED) is 0.481. The first kappa shape index (κ1) is 20.8. The fourth-order valence-electron chi connectivity index (χ4n) is 3.28. The molecule has 3 rings (SSSR count). The third-order valence-corrected chi connectivity index (χ3v) is 8.24. The van der Waals surface area contributed by atoms with Crippen LogP contribution in [0.15, 0.2) is 59.5 Å². The van der Waals surface area contributed by atoms with Crippen LogP contribution in [0.25, 0.3) is 10.9 Å². The number of nitrogens with zero attached hydrogens (tertiary/aromatic N) is 1. The van der Waals surface area contributed by atoms with Gasteiger partial charge in [-0.3, -0.25) is 4.57 Å². The average Bonchev–Trinajstić information content (AvgIpc) is 2.95. The Labute approximate surface area is 165 Å². The van der Waals surface area contributed by atoms with E-state index in [1.807, 2.05) is 19.1 Å². The molecule has 150 valence electrons. The first-order valence-electron chi connectivity index (χ1n) is 9.11. The van der Waals surface area contributed by atoms with E-state index >= 15 is 0 Å². The first-order chi connectivity index (χ1) is 13.3. The van der Waals surface area contributed by atoms with Crippen molar-refractivity contribution < 1.29 is 22.0 Å². The maximum atomic E-state index is 13.5. The summed E-state index contributed by atoms with van der Waals surface area (Å²) in [6.07, 6.45) is -0.124. The van der Waals surface area contributed by atoms with Crippen molar-refractivity contribution in [2.75, 3.05) is 13.2 Å². The molecule has 1 aromatic heterocycles. The normalized spacial score (nSPS) is 12.5. The predicted octanol–water partition coefficient (Wildman–Crippen LogP) is 4.95. The standard InChI is InChI=1S/C20H24NO5PS/c1-4-25-27(22,26-5-2)15-20-16(3)18-13-9-10-14-19(18)21(20)28(23,24)17-11-7-6-8-12-17/h6-14H,4-5,15H2,1-3H3. The van der Waals surface area contributed by atoms with Gasteiger partial charge in [-0.05, 0) is 44.5 Å². The van der Waals surface area contributed by atoms with Crippen molar-refractivity contribution in [3.05, 3.63) is 65.9 Å². The van der Waals surface area contributed by atoms with E-state index in [4.69, 9.17) is 9.05 Å². The van der Waals surface area contributed by atoms with Gasteiger partial charge >= 0.3 is 7.60 Å². The van der Waals surface area contributed by atoms with Gasteiger partial charge in [0.05, 0.1) is 35.5 Å². The molecule has 1 heterocycles. The Hall–Kier alpha value is -1.92. The van der Waals surface area contributed by atoms with Crippen LogP contribution in [0.3, 0.4) is 0 Å². The lowest BCUT2D eigenvalue weighted by atomic mass is 10.2. The molecule has 0 atom stereocenters. The number of aryl methyl sites for hydroxylation is 1. The molecule has 0 saturated carbocycles. The molecule has 0 spiro atoms. The molecule has 0 fully saturated rings. The number of fused-ring (bicyclic) bond motifs is 1. The fraction of sp³-hybridized carbons (Fsp3) is 0.300. The molecule has 28 heavy (non-hydrogen) atoms. The SMILES string of the molecule is CCOP(=O)(Cc1c(C)c2ccccc2n1S(=O)(=O)c1ccccc1)OCC. The molecule has 0 amide bonds. The molecule has 0 radical (unpaired) electrons. The van der Waals surface area contributed by atoms with Gasteiger partial charge in [0, 0.05) is 5.39 Å². The Bertz CT molecular complexity index is 1110. The predicted molar refractivity (Wildman–Crippen MR) is 110 cm³/mol. The van der Waals surface area contributed by atoms with E-state index in [0.29, 0.717) is 11.2 Å². The van der Waals surface area contributed by atoms with Crippen LogP contribution >= 0.6 is 7.60 Å². The molecule has 0 unspecified atom stereocenters. The number of para-hydroxylation sites is 1. The number of hydrogen-bond donors (Lipinski definition) is 0. The molecule has 6 nitrogen and oxygen atoms in total. The van der Waals surface area contributed by atoms with E-state index < -0.39 is 17.6 Å². The van der Waals surface area contributed by atoms with Crippen LogP contribution in [0.2, 0.25) is 0 Å². The monoisotopic (exact) mass is 421 g/mol. The zero-order valence-electron chi connectivity index (χ0n) is 16.2. The molecule has 0 aliphatic carbocycles. The molecular formula is C20H24NO5PS. The van der Waals surface area contributed by atoms with Crippen LogP contribution in [-0.2, 0) is 29.8 Å². The number of hydrogen-bond acceptors (Lipinski definition) is 5. The van der Waals surface area contributed by atoms with Gasteiger partial charge in [-0.25, -0.2) is 12.4 Å². The lowest BCUT2D eigenvalue weighted by Gasteiger charge is -2.19. The van der Waals surface area contributed by atoms with Gasteiger partial charge in [0.2, 0.25) is 0 Å². The summed E-state index contributed by atoms with van der Waals surface area (Å²) in [6.45, 7) is 5.71. The average molecular weight is 421 g/mol. The summed E-state index contributed by atoms with van der Waals surface area (Å²) in [5.74, 6) is 0. The lowest BCUT2D eigenvalue weighted by molar-refractivity contribution is 0.219. The minimum Gasteiger partial charge on any atom is -0.309 e. The molecule has 0 bridgehead atoms. The largest absolute Gasteiger partial charge is 0.336 e. The maximum absolute atomic E-state index is 13.5. The van der Waals surface area contributed by atoms with Gasteiger partial charge in [-0.15, -0.1) is 0 Å². The molecule has 0 saturated heterocycles. The summed E-state index contributed by atoms with van der Waals surface area (Å²) in [7, 11) is -7.39. The van der Waals surface area contributed by atoms with Crippen LogP contribution in [-0.4, -0.2) is 25.6 Å². The van der Waals surface area contributed by atoms with Crippen molar-refractivity contribution in [3.8, 4) is 0 Å². The first-order valence-corrected chi connectivity index (χ1v) is 12.3. The minimum atomic E-state index is -3.89. The number of benzene rings is 2. The lowest BCUT2D eigenvalue weighted by Crippen LogP contribution is -2.16. The van der Waals surface area contributed by atoms with E-state index in [9.17, 15) is 13.0 Å². The molecule has 2 aromatic carbocycles. The summed E-state index contributed by atoms with van der Waals surface area (Å²) >= 11 is 0. The second kappa shape index (κ2) is 8.21. The third-order valence-electron chi connectivity index (χ3n) is 4.48. The zero-order chi connectivity index (χ0) is 20.4. The molecule has 0 N–H and O–H groups in total. The van der Waals surface area contributed by atoms with Gasteiger partial charge in [0.1, 0.15) is 0 Å². The Kier molecular flexibility index (Phi) is 6.10. The third kappa shape index (κ3) is 3.80. The van der Waals surface area contributed by atoms with Gasteiger partial charge in [-0.1, -0.05) is 36.4 Å². The van der Waals surface area contributed by atoms with Crippen molar-refractivity contribution in [3.63, 3.8) is 0 Å². The summed E-state index contributed by atoms with van der Waals surface area (Å²) in [5.41, 5.74) is 1.70. The molecule has 0 aliphatic heterocycles. The van der Waals surface area contributed by atoms with Crippen molar-refractivity contribution in [1.82, 2.24) is 3.97 Å². The minimum absolute atomic E-state index is 0.124. The van der Waals surface area contributed by atoms with Crippen LogP contribution in [0.5, 0.6) is 0 Å². The topological polar surface area (TPSA) is 74.6 Å². The van der Waals surface area contributed by atoms with E-state index in [0.717, 1.165) is 10.9 Å². The summed E-state index contributed by atoms with van der Waals surface area (Å²) in [5, 5.41) is 0.788. The van der Waals surface area contributed by atoms with Crippen LogP contribution in [0.1, 0.15) is 25.1 Å². The maximum Gasteiger partial charge on any atom is 0.336 e. The smallest absolute Gasteiger partial charge is 0.309 e. The molecule has 8 heteroatoms. The second-order valence-electron chi connectivity index (χ2n) is 6.28. The Balaban J connectivity index is 2.28. The van der Waals surface area contributed by atoms with Gasteiger partial charge in [0.15, 0.2) is 0 Å². The van der Waals surface area contributed by atoms with Crippen molar-refractivity contribution >= 4 is 28.5 Å². The molecular weight excluding hydrogens is 397 g/mol. The number of rotatable bonds is 8. The van der Waals surface area contributed by atoms with Crippen LogP contribution < -0.4 is 0 Å². The summed E-state index contributed by atoms with van der Waals surface area (Å²) in [4.78, 5) is 0.166. The fourth-order valence-corrected chi connectivity index (χ4v) is 6.79. The zero-order valence-corrected chi connectivity index (χ0v) is 17.9. The Morgan fingerprint density at radius 3 is 2.11 bits per heavy atom. The van der Waals surface area contributed by atoms with Crippen molar-refractivity contribution in [1.29, 1.82) is 0 Å². The Morgan fingerprint density at radius 1 is 0.929 bits per heavy atom. The van der Waals surface area contributed by atoms with Crippen molar-refractivity contribution in [2.45, 2.75) is 31.8 Å². The highest BCUT2D eigenvalue weighted by atomic mass is 32.2. The van der Waals surface area contributed by atoms with Crippen LogP contribution in [0.4, 0.5) is 0 Å². The summed E-state index contributed by atoms with van der Waals surface area (Å²) < 4.78 is 52.2. The molecule has 0 aliphatic rings. The van der Waals surface area contributed by atoms with E-state index in [-0.39, 0.29) is 24.3 Å². The van der Waals surface area contributed by atoms with E-state index in [1.165, 1.54) is 3.97 Å². The summed E-state index contributed by atoms with van der Waals surface area (Å²) in [6, 6.07) is 15.5. The van der Waals surface area contributed by atoms with Crippen molar-refractivity contribution in [2.24, 2.45) is 0 Å². The second-order valence-corrected chi connectivity index (χ2v) is 10.1. The molecule has 3 aromatic rings. The Morgan fingerprint density at radius 2 is 1.50 bits per heavy atom. The van der Waals surface area contributed by atoms with E-state index in [1.54, 1.807) is 56.3 Å². The van der Waals surface area contributed by atoms with Gasteiger partial charge in [-0.2, -0.15) is 0 Å². The highest BCUT2D eigenvalue weighted by Crippen LogP contribution is 2.52. The van der Waals surface area contributed by atoms with Gasteiger partial charge < -0.3 is 9.05 Å². The van der Waals surface area contributed by atoms with E-state index in [2.05, 4.69) is 0 Å².